The summed E-state index contributed by atoms with van der Waals surface area (Å²) in [7, 11) is 0. The summed E-state index contributed by atoms with van der Waals surface area (Å²) in [6.45, 7) is 3.15. The molecule has 1 aromatic heterocycles. The van der Waals surface area contributed by atoms with E-state index in [1.165, 1.54) is 12.3 Å². The predicted molar refractivity (Wildman–Crippen MR) is 46.2 cm³/mol. The van der Waals surface area contributed by atoms with Gasteiger partial charge in [-0.3, -0.25) is 0 Å². The van der Waals surface area contributed by atoms with Crippen LogP contribution in [0.15, 0.2) is 12.3 Å². The number of pyridine rings is 1. The van der Waals surface area contributed by atoms with Crippen LogP contribution in [0.1, 0.15) is 18.9 Å². The molecule has 4 heteroatoms. The maximum absolute atomic E-state index is 13.0. The lowest BCUT2D eigenvalue weighted by molar-refractivity contribution is 0.466. The van der Waals surface area contributed by atoms with E-state index in [1.807, 2.05) is 6.92 Å². The van der Waals surface area contributed by atoms with Crippen LogP contribution in [0.25, 0.3) is 0 Å². The van der Waals surface area contributed by atoms with Crippen molar-refractivity contribution in [2.24, 2.45) is 0 Å². The highest BCUT2D eigenvalue weighted by molar-refractivity contribution is 5.13. The summed E-state index contributed by atoms with van der Waals surface area (Å²) in [5, 5.41) is 2.98. The van der Waals surface area contributed by atoms with Crippen molar-refractivity contribution in [3.05, 3.63) is 29.6 Å². The van der Waals surface area contributed by atoms with E-state index in [1.54, 1.807) is 0 Å². The van der Waals surface area contributed by atoms with Gasteiger partial charge in [0.25, 0.3) is 0 Å². The van der Waals surface area contributed by atoms with Crippen molar-refractivity contribution in [1.82, 2.24) is 10.3 Å². The van der Waals surface area contributed by atoms with Gasteiger partial charge in [-0.15, -0.1) is 0 Å². The van der Waals surface area contributed by atoms with Crippen LogP contribution in [0.2, 0.25) is 0 Å². The SMILES string of the molecule is CCCNCc1ccnc(F)c1F. The third kappa shape index (κ3) is 2.73. The molecule has 0 unspecified atom stereocenters. The Balaban J connectivity index is 2.61. The lowest BCUT2D eigenvalue weighted by Crippen LogP contribution is -2.15. The Morgan fingerprint density at radius 3 is 2.92 bits per heavy atom. The van der Waals surface area contributed by atoms with E-state index >= 15 is 0 Å². The monoisotopic (exact) mass is 186 g/mol. The first kappa shape index (κ1) is 10.1. The highest BCUT2D eigenvalue weighted by Crippen LogP contribution is 2.07. The topological polar surface area (TPSA) is 24.9 Å². The molecule has 0 spiro atoms. The molecule has 0 aromatic carbocycles. The second-order valence-electron chi connectivity index (χ2n) is 2.75. The highest BCUT2D eigenvalue weighted by Gasteiger charge is 2.07. The van der Waals surface area contributed by atoms with Gasteiger partial charge in [0.1, 0.15) is 0 Å². The third-order valence-electron chi connectivity index (χ3n) is 1.67. The molecule has 1 heterocycles. The molecule has 0 aliphatic rings. The normalized spacial score (nSPS) is 10.4. The average Bonchev–Trinajstić information content (AvgIpc) is 2.13. The fourth-order valence-corrected chi connectivity index (χ4v) is 0.991. The molecule has 0 amide bonds. The molecule has 0 bridgehead atoms. The van der Waals surface area contributed by atoms with Crippen LogP contribution in [0.5, 0.6) is 0 Å². The molecule has 1 N–H and O–H groups in total. The average molecular weight is 186 g/mol. The number of halogens is 2. The molecular weight excluding hydrogens is 174 g/mol. The van der Waals surface area contributed by atoms with Crippen LogP contribution in [0, 0.1) is 11.8 Å². The van der Waals surface area contributed by atoms with Crippen molar-refractivity contribution in [2.45, 2.75) is 19.9 Å². The van der Waals surface area contributed by atoms with Gasteiger partial charge in [0, 0.05) is 18.3 Å². The minimum Gasteiger partial charge on any atom is -0.313 e. The van der Waals surface area contributed by atoms with E-state index < -0.39 is 11.8 Å². The van der Waals surface area contributed by atoms with Crippen LogP contribution < -0.4 is 5.32 Å². The summed E-state index contributed by atoms with van der Waals surface area (Å²) < 4.78 is 25.5. The summed E-state index contributed by atoms with van der Waals surface area (Å²) >= 11 is 0. The van der Waals surface area contributed by atoms with Gasteiger partial charge >= 0.3 is 0 Å². The van der Waals surface area contributed by atoms with E-state index in [0.717, 1.165) is 13.0 Å². The number of hydrogen-bond donors (Lipinski definition) is 1. The van der Waals surface area contributed by atoms with Gasteiger partial charge in [-0.2, -0.15) is 4.39 Å². The summed E-state index contributed by atoms with van der Waals surface area (Å²) in [5.41, 5.74) is 0.320. The molecule has 2 nitrogen and oxygen atoms in total. The minimum absolute atomic E-state index is 0.320. The minimum atomic E-state index is -1.03. The smallest absolute Gasteiger partial charge is 0.249 e. The fourth-order valence-electron chi connectivity index (χ4n) is 0.991. The van der Waals surface area contributed by atoms with Crippen molar-refractivity contribution in [3.8, 4) is 0 Å². The van der Waals surface area contributed by atoms with Crippen molar-refractivity contribution in [2.75, 3.05) is 6.54 Å². The number of aromatic nitrogens is 1. The van der Waals surface area contributed by atoms with Gasteiger partial charge in [-0.25, -0.2) is 9.37 Å². The Hall–Kier alpha value is -1.03. The zero-order valence-corrected chi connectivity index (χ0v) is 7.48. The summed E-state index contributed by atoms with van der Waals surface area (Å²) in [5.74, 6) is -1.89. The van der Waals surface area contributed by atoms with Gasteiger partial charge in [0.05, 0.1) is 0 Å². The molecule has 0 saturated carbocycles. The van der Waals surface area contributed by atoms with E-state index in [0.29, 0.717) is 12.1 Å². The lowest BCUT2D eigenvalue weighted by Gasteiger charge is -2.03. The van der Waals surface area contributed by atoms with E-state index in [2.05, 4.69) is 10.3 Å². The van der Waals surface area contributed by atoms with Crippen LogP contribution in [-0.2, 0) is 6.54 Å². The largest absolute Gasteiger partial charge is 0.313 e. The molecule has 0 fully saturated rings. The Morgan fingerprint density at radius 2 is 2.23 bits per heavy atom. The Kier molecular flexibility index (Phi) is 3.76. The number of hydrogen-bond acceptors (Lipinski definition) is 2. The van der Waals surface area contributed by atoms with Crippen LogP contribution in [0.4, 0.5) is 8.78 Å². The molecule has 1 aromatic rings. The second-order valence-corrected chi connectivity index (χ2v) is 2.75. The number of nitrogens with zero attached hydrogens (tertiary/aromatic N) is 1. The summed E-state index contributed by atoms with van der Waals surface area (Å²) in [6.07, 6.45) is 2.23. The zero-order valence-electron chi connectivity index (χ0n) is 7.48. The zero-order chi connectivity index (χ0) is 9.68. The predicted octanol–water partition coefficient (Wildman–Crippen LogP) is 1.86. The maximum Gasteiger partial charge on any atom is 0.249 e. The van der Waals surface area contributed by atoms with E-state index in [-0.39, 0.29) is 0 Å². The summed E-state index contributed by atoms with van der Waals surface area (Å²) in [4.78, 5) is 3.20. The Bertz CT molecular complexity index is 276. The number of rotatable bonds is 4. The summed E-state index contributed by atoms with van der Waals surface area (Å²) in [6, 6.07) is 1.47. The molecule has 0 saturated heterocycles. The fraction of sp³-hybridized carbons (Fsp3) is 0.444. The Morgan fingerprint density at radius 1 is 1.46 bits per heavy atom. The van der Waals surface area contributed by atoms with Gasteiger partial charge in [0.15, 0.2) is 5.82 Å². The molecule has 0 radical (unpaired) electrons. The van der Waals surface area contributed by atoms with Crippen molar-refractivity contribution < 1.29 is 8.78 Å². The molecule has 0 aliphatic carbocycles. The van der Waals surface area contributed by atoms with Crippen molar-refractivity contribution in [1.29, 1.82) is 0 Å². The second kappa shape index (κ2) is 4.87. The lowest BCUT2D eigenvalue weighted by atomic mass is 10.2. The molecule has 0 atom stereocenters. The standard InChI is InChI=1S/C9H12F2N2/c1-2-4-12-6-7-3-5-13-9(11)8(7)10/h3,5,12H,2,4,6H2,1H3. The van der Waals surface area contributed by atoms with Gasteiger partial charge in [-0.05, 0) is 19.0 Å². The van der Waals surface area contributed by atoms with Gasteiger partial charge in [0.2, 0.25) is 5.95 Å². The van der Waals surface area contributed by atoms with Crippen LogP contribution in [-0.4, -0.2) is 11.5 Å². The number of nitrogens with one attached hydrogen (secondary N) is 1. The quantitative estimate of drug-likeness (QED) is 0.573. The molecule has 1 rings (SSSR count). The Labute approximate surface area is 76.0 Å². The van der Waals surface area contributed by atoms with E-state index in [9.17, 15) is 8.78 Å². The first-order valence-corrected chi connectivity index (χ1v) is 4.25. The molecule has 0 aliphatic heterocycles. The van der Waals surface area contributed by atoms with Crippen LogP contribution >= 0.6 is 0 Å². The van der Waals surface area contributed by atoms with Crippen LogP contribution in [0.3, 0.4) is 0 Å². The first-order chi connectivity index (χ1) is 6.25. The first-order valence-electron chi connectivity index (χ1n) is 4.25. The van der Waals surface area contributed by atoms with Gasteiger partial charge < -0.3 is 5.32 Å². The maximum atomic E-state index is 13.0. The molecular formula is C9H12F2N2. The van der Waals surface area contributed by atoms with Crippen molar-refractivity contribution >= 4 is 0 Å². The van der Waals surface area contributed by atoms with E-state index in [4.69, 9.17) is 0 Å². The van der Waals surface area contributed by atoms with Crippen molar-refractivity contribution in [3.63, 3.8) is 0 Å². The molecule has 72 valence electrons. The molecule has 13 heavy (non-hydrogen) atoms. The third-order valence-corrected chi connectivity index (χ3v) is 1.67. The highest BCUT2D eigenvalue weighted by atomic mass is 19.2. The van der Waals surface area contributed by atoms with Gasteiger partial charge in [-0.1, -0.05) is 6.92 Å².